The molecule has 0 amide bonds. The molecule has 0 fully saturated rings. The van der Waals surface area contributed by atoms with Gasteiger partial charge < -0.3 is 4.74 Å². The maximum Gasteiger partial charge on any atom is 0.314 e. The van der Waals surface area contributed by atoms with Gasteiger partial charge in [-0.25, -0.2) is 9.38 Å². The monoisotopic (exact) mass is 233 g/mol. The van der Waals surface area contributed by atoms with Crippen molar-refractivity contribution in [2.45, 2.75) is 0 Å². The maximum atomic E-state index is 5.00. The van der Waals surface area contributed by atoms with Crippen molar-refractivity contribution in [1.29, 1.82) is 0 Å². The maximum absolute atomic E-state index is 5.00. The Morgan fingerprint density at radius 2 is 2.55 bits per heavy atom. The molecule has 58 valence electrons. The molecule has 0 aromatic carbocycles. The van der Waals surface area contributed by atoms with E-state index in [1.54, 1.807) is 17.7 Å². The number of hydrogen-bond acceptors (Lipinski definition) is 4. The third-order valence-electron chi connectivity index (χ3n) is 1.27. The van der Waals surface area contributed by atoms with Gasteiger partial charge >= 0.3 is 6.01 Å². The van der Waals surface area contributed by atoms with Gasteiger partial charge in [0.2, 0.25) is 4.96 Å². The number of imidazole rings is 1. The van der Waals surface area contributed by atoms with Gasteiger partial charge in [-0.05, 0) is 15.9 Å². The molecule has 0 spiro atoms. The van der Waals surface area contributed by atoms with Crippen LogP contribution in [0.5, 0.6) is 6.01 Å². The molecule has 0 saturated carbocycles. The van der Waals surface area contributed by atoms with Crippen molar-refractivity contribution >= 4 is 32.4 Å². The van der Waals surface area contributed by atoms with Gasteiger partial charge in [0.25, 0.3) is 0 Å². The average molecular weight is 234 g/mol. The standard InChI is InChI=1S/C5H4BrN3OS/c1-10-4-8-11-5-7-2-3(6)9(4)5/h2H,1H3. The highest BCUT2D eigenvalue weighted by atomic mass is 79.9. The van der Waals surface area contributed by atoms with Gasteiger partial charge in [0.1, 0.15) is 4.60 Å². The van der Waals surface area contributed by atoms with Crippen molar-refractivity contribution in [2.24, 2.45) is 0 Å². The number of halogens is 1. The number of methoxy groups -OCH3 is 1. The molecule has 11 heavy (non-hydrogen) atoms. The van der Waals surface area contributed by atoms with E-state index < -0.39 is 0 Å². The van der Waals surface area contributed by atoms with Crippen LogP contribution in [0.4, 0.5) is 0 Å². The van der Waals surface area contributed by atoms with Crippen LogP contribution in [0.1, 0.15) is 0 Å². The van der Waals surface area contributed by atoms with Crippen molar-refractivity contribution in [3.63, 3.8) is 0 Å². The Balaban J connectivity index is 2.80. The van der Waals surface area contributed by atoms with E-state index >= 15 is 0 Å². The third kappa shape index (κ3) is 0.935. The lowest BCUT2D eigenvalue weighted by atomic mass is 10.9. The van der Waals surface area contributed by atoms with E-state index in [0.717, 1.165) is 9.56 Å². The first-order valence-corrected chi connectivity index (χ1v) is 4.42. The lowest BCUT2D eigenvalue weighted by Gasteiger charge is -1.92. The molecule has 0 unspecified atom stereocenters. The van der Waals surface area contributed by atoms with E-state index in [9.17, 15) is 0 Å². The topological polar surface area (TPSA) is 39.4 Å². The molecule has 0 N–H and O–H groups in total. The third-order valence-corrected chi connectivity index (χ3v) is 2.52. The second-order valence-corrected chi connectivity index (χ2v) is 3.41. The van der Waals surface area contributed by atoms with Crippen molar-refractivity contribution in [1.82, 2.24) is 13.8 Å². The largest absolute Gasteiger partial charge is 0.467 e. The summed E-state index contributed by atoms with van der Waals surface area (Å²) in [6.07, 6.45) is 1.72. The molecule has 2 rings (SSSR count). The van der Waals surface area contributed by atoms with E-state index in [1.807, 2.05) is 0 Å². The number of fused-ring (bicyclic) bond motifs is 1. The zero-order valence-corrected chi connectivity index (χ0v) is 8.02. The van der Waals surface area contributed by atoms with Crippen molar-refractivity contribution < 1.29 is 4.74 Å². The summed E-state index contributed by atoms with van der Waals surface area (Å²) in [6.45, 7) is 0. The highest BCUT2D eigenvalue weighted by Gasteiger charge is 2.08. The van der Waals surface area contributed by atoms with Crippen molar-refractivity contribution in [3.05, 3.63) is 10.8 Å². The number of hydrogen-bond donors (Lipinski definition) is 0. The SMILES string of the molecule is COc1nsc2ncc(Br)n12. The van der Waals surface area contributed by atoms with Crippen LogP contribution in [-0.4, -0.2) is 20.9 Å². The van der Waals surface area contributed by atoms with Crippen LogP contribution >= 0.6 is 27.5 Å². The van der Waals surface area contributed by atoms with E-state index in [-0.39, 0.29) is 0 Å². The number of ether oxygens (including phenoxy) is 1. The van der Waals surface area contributed by atoms with Crippen LogP contribution in [0, 0.1) is 0 Å². The average Bonchev–Trinajstić information content (AvgIpc) is 2.54. The van der Waals surface area contributed by atoms with E-state index in [4.69, 9.17) is 4.74 Å². The van der Waals surface area contributed by atoms with Gasteiger partial charge in [-0.1, -0.05) is 0 Å². The molecule has 0 atom stereocenters. The summed E-state index contributed by atoms with van der Waals surface area (Å²) >= 11 is 4.63. The van der Waals surface area contributed by atoms with Crippen LogP contribution in [0.2, 0.25) is 0 Å². The normalized spacial score (nSPS) is 10.7. The molecule has 4 nitrogen and oxygen atoms in total. The first kappa shape index (κ1) is 7.05. The van der Waals surface area contributed by atoms with Crippen molar-refractivity contribution in [2.75, 3.05) is 7.11 Å². The van der Waals surface area contributed by atoms with Gasteiger partial charge in [0.15, 0.2) is 0 Å². The molecular formula is C5H4BrN3OS. The van der Waals surface area contributed by atoms with E-state index in [1.165, 1.54) is 11.5 Å². The molecule has 0 aliphatic carbocycles. The highest BCUT2D eigenvalue weighted by molar-refractivity contribution is 9.10. The summed E-state index contributed by atoms with van der Waals surface area (Å²) in [4.78, 5) is 4.91. The summed E-state index contributed by atoms with van der Waals surface area (Å²) in [5.41, 5.74) is 0. The predicted molar refractivity (Wildman–Crippen MR) is 45.1 cm³/mol. The van der Waals surface area contributed by atoms with Crippen LogP contribution in [0.25, 0.3) is 4.96 Å². The second-order valence-electron chi connectivity index (χ2n) is 1.87. The minimum absolute atomic E-state index is 0.564. The summed E-state index contributed by atoms with van der Waals surface area (Å²) in [6, 6.07) is 0.564. The zero-order valence-electron chi connectivity index (χ0n) is 5.61. The Bertz CT molecular complexity index is 382. The molecular weight excluding hydrogens is 230 g/mol. The Morgan fingerprint density at radius 1 is 1.73 bits per heavy atom. The minimum Gasteiger partial charge on any atom is -0.467 e. The number of rotatable bonds is 1. The minimum atomic E-state index is 0.564. The predicted octanol–water partition coefficient (Wildman–Crippen LogP) is 1.56. The molecule has 2 heterocycles. The van der Waals surface area contributed by atoms with Gasteiger partial charge in [0, 0.05) is 11.5 Å². The fourth-order valence-corrected chi connectivity index (χ4v) is 2.02. The van der Waals surface area contributed by atoms with Gasteiger partial charge in [-0.3, -0.25) is 0 Å². The fourth-order valence-electron chi connectivity index (χ4n) is 0.802. The Hall–Kier alpha value is -0.620. The van der Waals surface area contributed by atoms with Crippen LogP contribution in [0.15, 0.2) is 10.8 Å². The molecule has 0 saturated heterocycles. The van der Waals surface area contributed by atoms with Crippen LogP contribution < -0.4 is 4.74 Å². The molecule has 2 aromatic heterocycles. The molecule has 0 radical (unpaired) electrons. The Kier molecular flexibility index (Phi) is 1.57. The Labute approximate surface area is 75.1 Å². The van der Waals surface area contributed by atoms with Gasteiger partial charge in [-0.15, -0.1) is 4.37 Å². The van der Waals surface area contributed by atoms with E-state index in [2.05, 4.69) is 25.3 Å². The number of aromatic nitrogens is 3. The van der Waals surface area contributed by atoms with Crippen LogP contribution in [-0.2, 0) is 0 Å². The zero-order chi connectivity index (χ0) is 7.84. The second kappa shape index (κ2) is 2.46. The molecule has 6 heteroatoms. The quantitative estimate of drug-likeness (QED) is 0.751. The van der Waals surface area contributed by atoms with Crippen LogP contribution in [0.3, 0.4) is 0 Å². The molecule has 0 bridgehead atoms. The Morgan fingerprint density at radius 3 is 3.27 bits per heavy atom. The lowest BCUT2D eigenvalue weighted by Crippen LogP contribution is -1.89. The summed E-state index contributed by atoms with van der Waals surface area (Å²) < 4.78 is 11.7. The van der Waals surface area contributed by atoms with E-state index in [0.29, 0.717) is 6.01 Å². The first-order valence-electron chi connectivity index (χ1n) is 2.85. The lowest BCUT2D eigenvalue weighted by molar-refractivity contribution is 0.379. The fraction of sp³-hybridized carbons (Fsp3) is 0.200. The summed E-state index contributed by atoms with van der Waals surface area (Å²) in [5, 5.41) is 0. The summed E-state index contributed by atoms with van der Waals surface area (Å²) in [7, 11) is 1.58. The summed E-state index contributed by atoms with van der Waals surface area (Å²) in [5.74, 6) is 0. The first-order chi connectivity index (χ1) is 5.33. The molecule has 2 aromatic rings. The van der Waals surface area contributed by atoms with Gasteiger partial charge in [0.05, 0.1) is 13.3 Å². The molecule has 0 aliphatic heterocycles. The highest BCUT2D eigenvalue weighted by Crippen LogP contribution is 2.22. The smallest absolute Gasteiger partial charge is 0.314 e. The molecule has 0 aliphatic rings. The number of nitrogens with zero attached hydrogens (tertiary/aromatic N) is 3. The van der Waals surface area contributed by atoms with Gasteiger partial charge in [-0.2, -0.15) is 0 Å². The van der Waals surface area contributed by atoms with Crippen molar-refractivity contribution in [3.8, 4) is 6.01 Å².